The lowest BCUT2D eigenvalue weighted by Gasteiger charge is -2.09. The summed E-state index contributed by atoms with van der Waals surface area (Å²) in [5, 5.41) is 2.82. The van der Waals surface area contributed by atoms with Gasteiger partial charge in [0.15, 0.2) is 10.4 Å². The predicted octanol–water partition coefficient (Wildman–Crippen LogP) is 3.83. The lowest BCUT2D eigenvalue weighted by atomic mass is 10.2. The highest BCUT2D eigenvalue weighted by molar-refractivity contribution is 9.10. The second-order valence-electron chi connectivity index (χ2n) is 3.85. The van der Waals surface area contributed by atoms with Crippen LogP contribution in [-0.2, 0) is 11.3 Å². The van der Waals surface area contributed by atoms with E-state index in [1.54, 1.807) is 12.1 Å². The molecular formula is C14H14BrNO3. The highest BCUT2D eigenvalue weighted by Gasteiger charge is 2.12. The normalized spacial score (nSPS) is 10.4. The topological polar surface area (TPSA) is 51.5 Å². The Morgan fingerprint density at radius 2 is 2.11 bits per heavy atom. The number of rotatable bonds is 5. The van der Waals surface area contributed by atoms with Crippen LogP contribution in [-0.4, -0.2) is 12.5 Å². The Hall–Kier alpha value is -1.59. The Bertz CT molecular complexity index is 565. The molecule has 0 aliphatic carbocycles. The molecule has 0 radical (unpaired) electrons. The molecule has 0 aliphatic heterocycles. The number of nitrogens with one attached hydrogen (secondary N) is 1. The summed E-state index contributed by atoms with van der Waals surface area (Å²) in [5.74, 6) is -0.0206. The lowest BCUT2D eigenvalue weighted by Crippen LogP contribution is -2.12. The van der Waals surface area contributed by atoms with Crippen molar-refractivity contribution in [2.45, 2.75) is 13.5 Å². The molecule has 0 unspecified atom stereocenters. The van der Waals surface area contributed by atoms with Gasteiger partial charge >= 0.3 is 0 Å². The van der Waals surface area contributed by atoms with Crippen molar-refractivity contribution in [3.05, 3.63) is 52.4 Å². The van der Waals surface area contributed by atoms with Gasteiger partial charge in [0, 0.05) is 17.9 Å². The molecule has 1 aromatic heterocycles. The van der Waals surface area contributed by atoms with Crippen molar-refractivity contribution in [3.63, 3.8) is 0 Å². The minimum atomic E-state index is -0.283. The van der Waals surface area contributed by atoms with Gasteiger partial charge in [-0.25, -0.2) is 0 Å². The first-order valence-electron chi connectivity index (χ1n) is 5.93. The highest BCUT2D eigenvalue weighted by atomic mass is 79.9. The van der Waals surface area contributed by atoms with Gasteiger partial charge in [0.05, 0.1) is 6.61 Å². The van der Waals surface area contributed by atoms with Gasteiger partial charge in [-0.3, -0.25) is 4.79 Å². The quantitative estimate of drug-likeness (QED) is 0.909. The Morgan fingerprint density at radius 1 is 1.32 bits per heavy atom. The zero-order valence-electron chi connectivity index (χ0n) is 10.5. The SMILES string of the molecule is CCOCc1ccccc1NC(=O)c1ccc(Br)o1. The van der Waals surface area contributed by atoms with Gasteiger partial charge in [0.2, 0.25) is 0 Å². The third kappa shape index (κ3) is 3.68. The molecule has 0 saturated heterocycles. The van der Waals surface area contributed by atoms with Crippen LogP contribution in [0.4, 0.5) is 5.69 Å². The number of halogens is 1. The molecule has 0 aliphatic rings. The van der Waals surface area contributed by atoms with Crippen molar-refractivity contribution in [2.75, 3.05) is 11.9 Å². The summed E-state index contributed by atoms with van der Waals surface area (Å²) in [5.41, 5.74) is 1.66. The summed E-state index contributed by atoms with van der Waals surface area (Å²) in [6, 6.07) is 10.8. The van der Waals surface area contributed by atoms with Crippen molar-refractivity contribution < 1.29 is 13.9 Å². The molecule has 2 aromatic rings. The molecule has 1 N–H and O–H groups in total. The van der Waals surface area contributed by atoms with E-state index in [-0.39, 0.29) is 11.7 Å². The average Bonchev–Trinajstić information content (AvgIpc) is 2.84. The summed E-state index contributed by atoms with van der Waals surface area (Å²) in [6.45, 7) is 3.03. The maximum Gasteiger partial charge on any atom is 0.291 e. The molecule has 2 rings (SSSR count). The molecule has 5 heteroatoms. The van der Waals surface area contributed by atoms with E-state index >= 15 is 0 Å². The van der Waals surface area contributed by atoms with Crippen LogP contribution < -0.4 is 5.32 Å². The average molecular weight is 324 g/mol. The summed E-state index contributed by atoms with van der Waals surface area (Å²) in [7, 11) is 0. The Balaban J connectivity index is 2.12. The molecule has 0 bridgehead atoms. The van der Waals surface area contributed by atoms with Crippen molar-refractivity contribution in [1.82, 2.24) is 0 Å². The van der Waals surface area contributed by atoms with Crippen molar-refractivity contribution in [3.8, 4) is 0 Å². The monoisotopic (exact) mass is 323 g/mol. The van der Waals surface area contributed by atoms with Crippen LogP contribution >= 0.6 is 15.9 Å². The van der Waals surface area contributed by atoms with Crippen LogP contribution in [0.5, 0.6) is 0 Å². The number of anilines is 1. The number of carbonyl (C=O) groups is 1. The van der Waals surface area contributed by atoms with Crippen LogP contribution in [0.2, 0.25) is 0 Å². The third-order valence-corrected chi connectivity index (χ3v) is 2.95. The Morgan fingerprint density at radius 3 is 2.79 bits per heavy atom. The minimum Gasteiger partial charge on any atom is -0.444 e. The summed E-state index contributed by atoms with van der Waals surface area (Å²) >= 11 is 3.17. The molecule has 0 saturated carbocycles. The summed E-state index contributed by atoms with van der Waals surface area (Å²) < 4.78 is 11.1. The summed E-state index contributed by atoms with van der Waals surface area (Å²) in [4.78, 5) is 12.0. The fourth-order valence-corrected chi connectivity index (χ4v) is 1.91. The molecule has 0 fully saturated rings. The van der Waals surface area contributed by atoms with Crippen LogP contribution in [0, 0.1) is 0 Å². The van der Waals surface area contributed by atoms with Crippen LogP contribution in [0.3, 0.4) is 0 Å². The maximum atomic E-state index is 12.0. The molecular weight excluding hydrogens is 310 g/mol. The van der Waals surface area contributed by atoms with E-state index in [2.05, 4.69) is 21.2 Å². The second kappa shape index (κ2) is 6.54. The smallest absolute Gasteiger partial charge is 0.291 e. The largest absolute Gasteiger partial charge is 0.444 e. The van der Waals surface area contributed by atoms with E-state index in [4.69, 9.17) is 9.15 Å². The molecule has 4 nitrogen and oxygen atoms in total. The number of ether oxygens (including phenoxy) is 1. The van der Waals surface area contributed by atoms with Crippen molar-refractivity contribution in [1.29, 1.82) is 0 Å². The molecule has 0 spiro atoms. The van der Waals surface area contributed by atoms with Gasteiger partial charge in [-0.1, -0.05) is 18.2 Å². The molecule has 1 aromatic carbocycles. The first-order valence-corrected chi connectivity index (χ1v) is 6.72. The number of furan rings is 1. The zero-order chi connectivity index (χ0) is 13.7. The van der Waals surface area contributed by atoms with E-state index in [0.29, 0.717) is 17.9 Å². The number of hydrogen-bond donors (Lipinski definition) is 1. The Kier molecular flexibility index (Phi) is 4.76. The van der Waals surface area contributed by atoms with E-state index in [1.165, 1.54) is 0 Å². The van der Waals surface area contributed by atoms with Gasteiger partial charge in [-0.2, -0.15) is 0 Å². The van der Waals surface area contributed by atoms with Gasteiger partial charge < -0.3 is 14.5 Å². The molecule has 19 heavy (non-hydrogen) atoms. The number of carbonyl (C=O) groups excluding carboxylic acids is 1. The standard InChI is InChI=1S/C14H14BrNO3/c1-2-18-9-10-5-3-4-6-11(10)16-14(17)12-7-8-13(15)19-12/h3-8H,2,9H2,1H3,(H,16,17). The van der Waals surface area contributed by atoms with Crippen molar-refractivity contribution >= 4 is 27.5 Å². The molecule has 100 valence electrons. The van der Waals surface area contributed by atoms with Gasteiger partial charge in [0.25, 0.3) is 5.91 Å². The first kappa shape index (κ1) is 13.8. The van der Waals surface area contributed by atoms with Gasteiger partial charge in [-0.05, 0) is 41.1 Å². The second-order valence-corrected chi connectivity index (χ2v) is 4.63. The van der Waals surface area contributed by atoms with Crippen molar-refractivity contribution in [2.24, 2.45) is 0 Å². The number of hydrogen-bond acceptors (Lipinski definition) is 3. The number of para-hydroxylation sites is 1. The molecule has 1 amide bonds. The lowest BCUT2D eigenvalue weighted by molar-refractivity contribution is 0.0994. The van der Waals surface area contributed by atoms with Gasteiger partial charge in [-0.15, -0.1) is 0 Å². The predicted molar refractivity (Wildman–Crippen MR) is 76.1 cm³/mol. The molecule has 1 heterocycles. The van der Waals surface area contributed by atoms with Crippen LogP contribution in [0.1, 0.15) is 23.0 Å². The highest BCUT2D eigenvalue weighted by Crippen LogP contribution is 2.19. The first-order chi connectivity index (χ1) is 9.20. The zero-order valence-corrected chi connectivity index (χ0v) is 12.1. The number of amides is 1. The fraction of sp³-hybridized carbons (Fsp3) is 0.214. The van der Waals surface area contributed by atoms with E-state index in [1.807, 2.05) is 31.2 Å². The maximum absolute atomic E-state index is 12.0. The fourth-order valence-electron chi connectivity index (χ4n) is 1.60. The van der Waals surface area contributed by atoms with Gasteiger partial charge in [0.1, 0.15) is 0 Å². The van der Waals surface area contributed by atoms with E-state index in [0.717, 1.165) is 11.3 Å². The van der Waals surface area contributed by atoms with Crippen LogP contribution in [0.15, 0.2) is 45.5 Å². The van der Waals surface area contributed by atoms with E-state index in [9.17, 15) is 4.79 Å². The Labute approximate surface area is 119 Å². The minimum absolute atomic E-state index is 0.262. The number of benzene rings is 1. The third-order valence-electron chi connectivity index (χ3n) is 2.52. The summed E-state index contributed by atoms with van der Waals surface area (Å²) in [6.07, 6.45) is 0. The van der Waals surface area contributed by atoms with E-state index < -0.39 is 0 Å². The van der Waals surface area contributed by atoms with Crippen LogP contribution in [0.25, 0.3) is 0 Å². The molecule has 0 atom stereocenters.